The van der Waals surface area contributed by atoms with Crippen LogP contribution in [0.25, 0.3) is 10.8 Å². The van der Waals surface area contributed by atoms with Gasteiger partial charge in [0.25, 0.3) is 0 Å². The number of unbranched alkanes of at least 4 members (excludes halogenated alkanes) is 1. The highest BCUT2D eigenvalue weighted by Crippen LogP contribution is 2.37. The number of hydrogen-bond donors (Lipinski definition) is 2. The van der Waals surface area contributed by atoms with Crippen molar-refractivity contribution in [2.75, 3.05) is 19.6 Å². The van der Waals surface area contributed by atoms with E-state index in [1.807, 2.05) is 18.2 Å². The van der Waals surface area contributed by atoms with E-state index in [0.29, 0.717) is 38.0 Å². The van der Waals surface area contributed by atoms with Crippen LogP contribution in [0, 0.1) is 5.92 Å². The van der Waals surface area contributed by atoms with Crippen molar-refractivity contribution in [1.29, 1.82) is 0 Å². The van der Waals surface area contributed by atoms with Crippen LogP contribution in [0.4, 0.5) is 13.2 Å². The third-order valence-electron chi connectivity index (χ3n) is 7.44. The van der Waals surface area contributed by atoms with Crippen LogP contribution in [-0.2, 0) is 15.8 Å². The third-order valence-corrected chi connectivity index (χ3v) is 7.44. The number of alkyl halides is 3. The molecule has 1 amide bonds. The van der Waals surface area contributed by atoms with Crippen molar-refractivity contribution in [1.82, 2.24) is 10.2 Å². The molecule has 3 aromatic carbocycles. The van der Waals surface area contributed by atoms with Gasteiger partial charge in [-0.2, -0.15) is 13.2 Å². The Bertz CT molecular complexity index is 1270. The van der Waals surface area contributed by atoms with Gasteiger partial charge in [0.1, 0.15) is 0 Å². The summed E-state index contributed by atoms with van der Waals surface area (Å²) in [6, 6.07) is 19.7. The van der Waals surface area contributed by atoms with Crippen molar-refractivity contribution in [2.24, 2.45) is 5.92 Å². The molecule has 0 aromatic heterocycles. The van der Waals surface area contributed by atoms with Crippen molar-refractivity contribution in [3.8, 4) is 0 Å². The van der Waals surface area contributed by atoms with Crippen LogP contribution in [0.15, 0.2) is 66.7 Å². The molecule has 2 N–H and O–H groups in total. The van der Waals surface area contributed by atoms with Crippen molar-refractivity contribution < 1.29 is 27.9 Å². The number of amides is 1. The summed E-state index contributed by atoms with van der Waals surface area (Å²) in [4.78, 5) is 25.4. The molecule has 1 fully saturated rings. The molecule has 0 unspecified atom stereocenters. The molecule has 0 aliphatic carbocycles. The molecule has 1 heterocycles. The number of halogens is 3. The summed E-state index contributed by atoms with van der Waals surface area (Å²) in [5.74, 6) is -1.29. The normalized spacial score (nSPS) is 18.6. The predicted octanol–water partition coefficient (Wildman–Crippen LogP) is 6.40. The van der Waals surface area contributed by atoms with Gasteiger partial charge in [0.05, 0.1) is 5.56 Å². The number of carbonyl (C=O) groups is 2. The summed E-state index contributed by atoms with van der Waals surface area (Å²) in [7, 11) is 0. The van der Waals surface area contributed by atoms with E-state index in [0.717, 1.165) is 22.4 Å². The van der Waals surface area contributed by atoms with E-state index in [1.165, 1.54) is 12.1 Å². The number of nitrogens with one attached hydrogen (secondary N) is 1. The van der Waals surface area contributed by atoms with E-state index in [9.17, 15) is 22.8 Å². The minimum absolute atomic E-state index is 0.00373. The number of benzene rings is 3. The van der Waals surface area contributed by atoms with Gasteiger partial charge in [-0.15, -0.1) is 0 Å². The van der Waals surface area contributed by atoms with Crippen LogP contribution in [0.5, 0.6) is 0 Å². The molecule has 0 spiro atoms. The van der Waals surface area contributed by atoms with Crippen LogP contribution >= 0.6 is 0 Å². The van der Waals surface area contributed by atoms with Crippen LogP contribution in [0.1, 0.15) is 61.3 Å². The Hall–Kier alpha value is -3.39. The number of carbonyl (C=O) groups excluding carboxylic acids is 1. The van der Waals surface area contributed by atoms with Gasteiger partial charge in [-0.05, 0) is 53.6 Å². The summed E-state index contributed by atoms with van der Waals surface area (Å²) in [6.07, 6.45) is -3.31. The van der Waals surface area contributed by atoms with Gasteiger partial charge in [-0.25, -0.2) is 0 Å². The molecule has 1 saturated heterocycles. The molecule has 0 saturated carbocycles. The monoisotopic (exact) mass is 526 g/mol. The Morgan fingerprint density at radius 3 is 2.47 bits per heavy atom. The van der Waals surface area contributed by atoms with Gasteiger partial charge in [-0.3, -0.25) is 9.59 Å². The summed E-state index contributed by atoms with van der Waals surface area (Å²) in [5, 5.41) is 14.7. The van der Waals surface area contributed by atoms with E-state index in [-0.39, 0.29) is 36.6 Å². The highest BCUT2D eigenvalue weighted by molar-refractivity contribution is 5.86. The Morgan fingerprint density at radius 2 is 1.71 bits per heavy atom. The maximum absolute atomic E-state index is 13.4. The van der Waals surface area contributed by atoms with Gasteiger partial charge < -0.3 is 15.3 Å². The van der Waals surface area contributed by atoms with Crippen LogP contribution < -0.4 is 5.32 Å². The largest absolute Gasteiger partial charge is 0.481 e. The Balaban J connectivity index is 1.50. The number of fused-ring (bicyclic) bond motifs is 1. The molecule has 4 rings (SSSR count). The zero-order chi connectivity index (χ0) is 27.3. The van der Waals surface area contributed by atoms with Gasteiger partial charge in [-0.1, -0.05) is 60.7 Å². The summed E-state index contributed by atoms with van der Waals surface area (Å²) in [6.45, 7) is 3.39. The van der Waals surface area contributed by atoms with Crippen LogP contribution in [0.2, 0.25) is 0 Å². The summed E-state index contributed by atoms with van der Waals surface area (Å²) >= 11 is 0. The molecule has 0 bridgehead atoms. The number of rotatable bonds is 10. The first-order valence-electron chi connectivity index (χ1n) is 13.0. The maximum atomic E-state index is 13.4. The zero-order valence-electron chi connectivity index (χ0n) is 21.4. The fraction of sp³-hybridized carbons (Fsp3) is 0.400. The number of carboxylic acids is 1. The first-order chi connectivity index (χ1) is 18.1. The van der Waals surface area contributed by atoms with E-state index >= 15 is 0 Å². The lowest BCUT2D eigenvalue weighted by molar-refractivity contribution is -0.138. The lowest BCUT2D eigenvalue weighted by atomic mass is 9.87. The standard InChI is InChI=1S/C30H33F3N2O3/c1-20(25-13-7-9-21-8-2-3-12-26(21)25)34-17-23-18-35(28(36)14-4-5-15-29(37)38)19-27(23)22-10-6-11-24(16-22)30(31,32)33/h2-3,6-13,16,20,23,27,34H,4-5,14-15,17-19H2,1H3,(H,37,38)/t20-,23-,27-/m1/s1. The SMILES string of the molecule is C[C@@H](NC[C@@H]1CN(C(=O)CCCCC(=O)O)C[C@@H]1c1cccc(C(F)(F)F)c1)c1cccc2ccccc12. The summed E-state index contributed by atoms with van der Waals surface area (Å²) in [5.41, 5.74) is 1.03. The summed E-state index contributed by atoms with van der Waals surface area (Å²) < 4.78 is 40.3. The highest BCUT2D eigenvalue weighted by Gasteiger charge is 2.37. The molecule has 38 heavy (non-hydrogen) atoms. The molecule has 3 atom stereocenters. The molecule has 1 aliphatic rings. The zero-order valence-corrected chi connectivity index (χ0v) is 21.4. The number of carboxylic acid groups (broad SMARTS) is 1. The van der Waals surface area contributed by atoms with E-state index in [1.54, 1.807) is 11.0 Å². The second kappa shape index (κ2) is 12.0. The average molecular weight is 527 g/mol. The van der Waals surface area contributed by atoms with Gasteiger partial charge in [0.15, 0.2) is 0 Å². The minimum atomic E-state index is -4.44. The lowest BCUT2D eigenvalue weighted by Gasteiger charge is -2.23. The van der Waals surface area contributed by atoms with Crippen molar-refractivity contribution in [2.45, 2.75) is 50.7 Å². The Morgan fingerprint density at radius 1 is 1.00 bits per heavy atom. The third kappa shape index (κ3) is 6.72. The van der Waals surface area contributed by atoms with Gasteiger partial charge >= 0.3 is 12.1 Å². The lowest BCUT2D eigenvalue weighted by Crippen LogP contribution is -2.31. The quantitative estimate of drug-likeness (QED) is 0.300. The van der Waals surface area contributed by atoms with Crippen molar-refractivity contribution in [3.05, 3.63) is 83.4 Å². The van der Waals surface area contributed by atoms with E-state index in [4.69, 9.17) is 5.11 Å². The van der Waals surface area contributed by atoms with Crippen molar-refractivity contribution >= 4 is 22.6 Å². The maximum Gasteiger partial charge on any atom is 0.416 e. The number of likely N-dealkylation sites (tertiary alicyclic amines) is 1. The molecule has 1 aliphatic heterocycles. The number of nitrogens with zero attached hydrogens (tertiary/aromatic N) is 1. The van der Waals surface area contributed by atoms with Gasteiger partial charge in [0, 0.05) is 44.4 Å². The van der Waals surface area contributed by atoms with Crippen LogP contribution in [-0.4, -0.2) is 41.5 Å². The number of aliphatic carboxylic acids is 1. The highest BCUT2D eigenvalue weighted by atomic mass is 19.4. The fourth-order valence-electron chi connectivity index (χ4n) is 5.38. The topological polar surface area (TPSA) is 69.6 Å². The second-order valence-electron chi connectivity index (χ2n) is 10.1. The molecule has 0 radical (unpaired) electrons. The first-order valence-corrected chi connectivity index (χ1v) is 13.0. The molecular weight excluding hydrogens is 493 g/mol. The van der Waals surface area contributed by atoms with Crippen molar-refractivity contribution in [3.63, 3.8) is 0 Å². The van der Waals surface area contributed by atoms with E-state index in [2.05, 4.69) is 36.5 Å². The van der Waals surface area contributed by atoms with Gasteiger partial charge in [0.2, 0.25) is 5.91 Å². The molecule has 5 nitrogen and oxygen atoms in total. The second-order valence-corrected chi connectivity index (χ2v) is 10.1. The predicted molar refractivity (Wildman–Crippen MR) is 141 cm³/mol. The average Bonchev–Trinajstić information content (AvgIpc) is 3.33. The molecule has 3 aromatic rings. The van der Waals surface area contributed by atoms with Crippen LogP contribution in [0.3, 0.4) is 0 Å². The molecule has 202 valence electrons. The molecular formula is C30H33F3N2O3. The number of hydrogen-bond acceptors (Lipinski definition) is 3. The first kappa shape index (κ1) is 27.6. The van der Waals surface area contributed by atoms with E-state index < -0.39 is 17.7 Å². The Kier molecular flexibility index (Phi) is 8.72. The molecule has 8 heteroatoms. The Labute approximate surface area is 220 Å². The smallest absolute Gasteiger partial charge is 0.416 e. The minimum Gasteiger partial charge on any atom is -0.481 e. The fourth-order valence-corrected chi connectivity index (χ4v) is 5.38.